The van der Waals surface area contributed by atoms with Crippen LogP contribution in [0.3, 0.4) is 0 Å². The Hall–Kier alpha value is -0.0400. The first-order valence-electron chi connectivity index (χ1n) is 3.97. The van der Waals surface area contributed by atoms with Gasteiger partial charge in [-0.2, -0.15) is 0 Å². The van der Waals surface area contributed by atoms with E-state index in [9.17, 15) is 0 Å². The van der Waals surface area contributed by atoms with Gasteiger partial charge in [-0.3, -0.25) is 0 Å². The van der Waals surface area contributed by atoms with Crippen LogP contribution in [-0.2, 0) is 0 Å². The number of hydrogen-bond donors (Lipinski definition) is 1. The third kappa shape index (κ3) is 1.45. The molecule has 0 amide bonds. The maximum atomic E-state index is 5.88. The number of rotatable bonds is 1. The maximum absolute atomic E-state index is 5.88. The quantitative estimate of drug-likeness (QED) is 0.570. The van der Waals surface area contributed by atoms with Crippen LogP contribution in [0.1, 0.15) is 33.1 Å². The average Bonchev–Trinajstić information content (AvgIpc) is 2.13. The predicted molar refractivity (Wildman–Crippen MR) is 40.2 cm³/mol. The summed E-state index contributed by atoms with van der Waals surface area (Å²) in [6.07, 6.45) is 3.96. The normalized spacial score (nSPS) is 36.0. The molecule has 0 radical (unpaired) electrons. The van der Waals surface area contributed by atoms with Gasteiger partial charge in [0.25, 0.3) is 0 Å². The molecule has 0 aromatic heterocycles. The first kappa shape index (κ1) is 7.07. The van der Waals surface area contributed by atoms with Gasteiger partial charge in [0.15, 0.2) is 0 Å². The van der Waals surface area contributed by atoms with Gasteiger partial charge in [-0.1, -0.05) is 20.3 Å². The predicted octanol–water partition coefficient (Wildman–Crippen LogP) is 1.77. The molecule has 0 aromatic carbocycles. The Labute approximate surface area is 57.6 Å². The molecule has 1 aliphatic carbocycles. The van der Waals surface area contributed by atoms with Crippen LogP contribution in [0.15, 0.2) is 0 Å². The molecule has 2 atom stereocenters. The highest BCUT2D eigenvalue weighted by Crippen LogP contribution is 2.29. The lowest BCUT2D eigenvalue weighted by Gasteiger charge is -2.18. The lowest BCUT2D eigenvalue weighted by atomic mass is 9.92. The summed E-state index contributed by atoms with van der Waals surface area (Å²) in [6.45, 7) is 4.55. The lowest BCUT2D eigenvalue weighted by Crippen LogP contribution is -2.27. The van der Waals surface area contributed by atoms with Crippen LogP contribution in [-0.4, -0.2) is 6.04 Å². The molecule has 2 N–H and O–H groups in total. The van der Waals surface area contributed by atoms with Crippen LogP contribution in [0.4, 0.5) is 0 Å². The van der Waals surface area contributed by atoms with Crippen molar-refractivity contribution >= 4 is 0 Å². The Morgan fingerprint density at radius 2 is 2.00 bits per heavy atom. The van der Waals surface area contributed by atoms with E-state index in [0.29, 0.717) is 6.04 Å². The summed E-state index contributed by atoms with van der Waals surface area (Å²) < 4.78 is 0. The minimum Gasteiger partial charge on any atom is -0.327 e. The highest BCUT2D eigenvalue weighted by molar-refractivity contribution is 4.81. The van der Waals surface area contributed by atoms with Crippen molar-refractivity contribution in [3.05, 3.63) is 0 Å². The van der Waals surface area contributed by atoms with Crippen LogP contribution in [0.5, 0.6) is 0 Å². The van der Waals surface area contributed by atoms with Gasteiger partial charge in [-0.05, 0) is 24.7 Å². The molecule has 0 saturated heterocycles. The zero-order chi connectivity index (χ0) is 6.85. The molecular formula is C8H17N. The summed E-state index contributed by atoms with van der Waals surface area (Å²) >= 11 is 0. The van der Waals surface area contributed by atoms with Crippen LogP contribution in [0.2, 0.25) is 0 Å². The zero-order valence-electron chi connectivity index (χ0n) is 6.43. The van der Waals surface area contributed by atoms with Crippen LogP contribution < -0.4 is 5.73 Å². The minimum absolute atomic E-state index is 0.505. The SMILES string of the molecule is CC(C)[C@H]1CCC[C@@H]1N. The van der Waals surface area contributed by atoms with Crippen molar-refractivity contribution in [2.75, 3.05) is 0 Å². The molecule has 1 saturated carbocycles. The van der Waals surface area contributed by atoms with E-state index in [2.05, 4.69) is 13.8 Å². The number of hydrogen-bond acceptors (Lipinski definition) is 1. The Kier molecular flexibility index (Phi) is 2.12. The van der Waals surface area contributed by atoms with E-state index in [0.717, 1.165) is 11.8 Å². The molecular weight excluding hydrogens is 110 g/mol. The highest BCUT2D eigenvalue weighted by Gasteiger charge is 2.25. The van der Waals surface area contributed by atoms with E-state index >= 15 is 0 Å². The zero-order valence-corrected chi connectivity index (χ0v) is 6.43. The van der Waals surface area contributed by atoms with Gasteiger partial charge >= 0.3 is 0 Å². The van der Waals surface area contributed by atoms with Crippen molar-refractivity contribution < 1.29 is 0 Å². The maximum Gasteiger partial charge on any atom is 0.00696 e. The van der Waals surface area contributed by atoms with Crippen molar-refractivity contribution in [3.63, 3.8) is 0 Å². The molecule has 54 valence electrons. The molecule has 1 aliphatic rings. The largest absolute Gasteiger partial charge is 0.327 e. The van der Waals surface area contributed by atoms with Gasteiger partial charge in [-0.25, -0.2) is 0 Å². The van der Waals surface area contributed by atoms with Gasteiger partial charge in [0.05, 0.1) is 0 Å². The highest BCUT2D eigenvalue weighted by atomic mass is 14.7. The second-order valence-electron chi connectivity index (χ2n) is 3.50. The molecule has 1 heteroatoms. The summed E-state index contributed by atoms with van der Waals surface area (Å²) in [5.41, 5.74) is 5.88. The van der Waals surface area contributed by atoms with Gasteiger partial charge in [0.2, 0.25) is 0 Å². The van der Waals surface area contributed by atoms with E-state index in [-0.39, 0.29) is 0 Å². The van der Waals surface area contributed by atoms with E-state index in [4.69, 9.17) is 5.73 Å². The fraction of sp³-hybridized carbons (Fsp3) is 1.00. The summed E-state index contributed by atoms with van der Waals surface area (Å²) in [7, 11) is 0. The summed E-state index contributed by atoms with van der Waals surface area (Å²) in [6, 6.07) is 0.505. The molecule has 0 aliphatic heterocycles. The first-order valence-corrected chi connectivity index (χ1v) is 3.97. The van der Waals surface area contributed by atoms with Crippen molar-refractivity contribution in [2.45, 2.75) is 39.2 Å². The molecule has 9 heavy (non-hydrogen) atoms. The fourth-order valence-corrected chi connectivity index (χ4v) is 1.85. The number of nitrogens with two attached hydrogens (primary N) is 1. The average molecular weight is 127 g/mol. The first-order chi connectivity index (χ1) is 4.22. The van der Waals surface area contributed by atoms with Crippen molar-refractivity contribution in [2.24, 2.45) is 17.6 Å². The minimum atomic E-state index is 0.505. The van der Waals surface area contributed by atoms with Crippen LogP contribution in [0.25, 0.3) is 0 Å². The van der Waals surface area contributed by atoms with Crippen molar-refractivity contribution in [1.82, 2.24) is 0 Å². The van der Waals surface area contributed by atoms with Crippen LogP contribution in [0, 0.1) is 11.8 Å². The molecule has 0 aromatic rings. The Morgan fingerprint density at radius 3 is 2.22 bits per heavy atom. The topological polar surface area (TPSA) is 26.0 Å². The summed E-state index contributed by atoms with van der Waals surface area (Å²) in [5, 5.41) is 0. The van der Waals surface area contributed by atoms with E-state index in [1.165, 1.54) is 19.3 Å². The van der Waals surface area contributed by atoms with Gasteiger partial charge in [0.1, 0.15) is 0 Å². The van der Waals surface area contributed by atoms with E-state index < -0.39 is 0 Å². The molecule has 0 spiro atoms. The summed E-state index contributed by atoms with van der Waals surface area (Å²) in [5.74, 6) is 1.60. The van der Waals surface area contributed by atoms with Crippen molar-refractivity contribution in [1.29, 1.82) is 0 Å². The second kappa shape index (κ2) is 2.70. The molecule has 0 bridgehead atoms. The van der Waals surface area contributed by atoms with Gasteiger partial charge in [0, 0.05) is 6.04 Å². The van der Waals surface area contributed by atoms with Gasteiger partial charge < -0.3 is 5.73 Å². The van der Waals surface area contributed by atoms with Crippen LogP contribution >= 0.6 is 0 Å². The standard InChI is InChI=1S/C8H17N/c1-6(2)7-4-3-5-8(7)9/h6-8H,3-5,9H2,1-2H3/t7-,8+/m1/s1. The van der Waals surface area contributed by atoms with E-state index in [1.54, 1.807) is 0 Å². The summed E-state index contributed by atoms with van der Waals surface area (Å²) in [4.78, 5) is 0. The van der Waals surface area contributed by atoms with E-state index in [1.807, 2.05) is 0 Å². The van der Waals surface area contributed by atoms with Gasteiger partial charge in [-0.15, -0.1) is 0 Å². The Bertz CT molecular complexity index is 88.6. The Balaban J connectivity index is 2.40. The smallest absolute Gasteiger partial charge is 0.00696 e. The third-order valence-corrected chi connectivity index (χ3v) is 2.48. The van der Waals surface area contributed by atoms with Crippen molar-refractivity contribution in [3.8, 4) is 0 Å². The Morgan fingerprint density at radius 1 is 1.33 bits per heavy atom. The monoisotopic (exact) mass is 127 g/mol. The second-order valence-corrected chi connectivity index (χ2v) is 3.50. The third-order valence-electron chi connectivity index (χ3n) is 2.48. The molecule has 0 unspecified atom stereocenters. The lowest BCUT2D eigenvalue weighted by molar-refractivity contribution is 0.357. The molecule has 1 rings (SSSR count). The fourth-order valence-electron chi connectivity index (χ4n) is 1.85. The molecule has 1 fully saturated rings. The molecule has 0 heterocycles. The molecule has 1 nitrogen and oxygen atoms in total.